The lowest BCUT2D eigenvalue weighted by atomic mass is 9.92. The van der Waals surface area contributed by atoms with Crippen LogP contribution in [0.15, 0.2) is 36.8 Å². The number of aromatic nitrogens is 3. The number of carbonyl (C=O) groups is 1. The molecule has 3 heterocycles. The van der Waals surface area contributed by atoms with E-state index in [1.807, 2.05) is 20.2 Å². The van der Waals surface area contributed by atoms with Gasteiger partial charge in [-0.05, 0) is 68.9 Å². The number of amides is 1. The molecule has 6 nitrogen and oxygen atoms in total. The van der Waals surface area contributed by atoms with E-state index < -0.39 is 11.4 Å². The zero-order valence-corrected chi connectivity index (χ0v) is 18.8. The number of rotatable bonds is 5. The summed E-state index contributed by atoms with van der Waals surface area (Å²) >= 11 is 0. The van der Waals surface area contributed by atoms with Crippen LogP contribution in [0.2, 0.25) is 0 Å². The number of hydrogen-bond acceptors (Lipinski definition) is 4. The zero-order chi connectivity index (χ0) is 22.8. The van der Waals surface area contributed by atoms with Gasteiger partial charge < -0.3 is 10.0 Å². The Kier molecular flexibility index (Phi) is 4.71. The molecule has 5 rings (SSSR count). The Morgan fingerprint density at radius 2 is 1.97 bits per heavy atom. The molecule has 1 fully saturated rings. The van der Waals surface area contributed by atoms with Gasteiger partial charge in [0.1, 0.15) is 5.82 Å². The molecule has 0 radical (unpaired) electrons. The molecule has 32 heavy (non-hydrogen) atoms. The van der Waals surface area contributed by atoms with Crippen LogP contribution in [0.4, 0.5) is 4.39 Å². The standard InChI is InChI=1S/C25H27FN4O2/c1-14-9-19(20(26)10-18(14)16-11-28-29(4)12-16)17-7-8-27-21-13-30(24(31)22(17)21)23(15-5-6-15)25(2,3)32/h7-12,15,23,32H,5-6,13H2,1-4H3/t23-/m1/s1. The number of carbonyl (C=O) groups excluding carboxylic acids is 1. The molecular weight excluding hydrogens is 407 g/mol. The monoisotopic (exact) mass is 434 g/mol. The van der Waals surface area contributed by atoms with Crippen molar-refractivity contribution < 1.29 is 14.3 Å². The number of nitrogens with zero attached hydrogens (tertiary/aromatic N) is 4. The fourth-order valence-electron chi connectivity index (χ4n) is 5.07. The first-order valence-corrected chi connectivity index (χ1v) is 11.0. The molecule has 1 atom stereocenters. The van der Waals surface area contributed by atoms with Gasteiger partial charge in [0.05, 0.1) is 35.6 Å². The van der Waals surface area contributed by atoms with E-state index in [0.29, 0.717) is 28.9 Å². The Bertz CT molecular complexity index is 1220. The molecule has 2 aliphatic rings. The molecule has 0 bridgehead atoms. The number of pyridine rings is 1. The van der Waals surface area contributed by atoms with Crippen LogP contribution < -0.4 is 0 Å². The van der Waals surface area contributed by atoms with Crippen molar-refractivity contribution in [3.05, 3.63) is 59.4 Å². The average Bonchev–Trinajstić information content (AvgIpc) is 3.36. The topological polar surface area (TPSA) is 71.2 Å². The third-order valence-electron chi connectivity index (χ3n) is 6.57. The maximum atomic E-state index is 15.4. The normalized spacial score (nSPS) is 17.1. The van der Waals surface area contributed by atoms with Crippen molar-refractivity contribution in [2.45, 2.75) is 51.8 Å². The third-order valence-corrected chi connectivity index (χ3v) is 6.57. The SMILES string of the molecule is Cc1cc(-c2ccnc3c2C(=O)N([C@H](C2CC2)C(C)(C)O)C3)c(F)cc1-c1cnn(C)c1. The molecule has 1 aliphatic carbocycles. The van der Waals surface area contributed by atoms with Gasteiger partial charge >= 0.3 is 0 Å². The highest BCUT2D eigenvalue weighted by Gasteiger charge is 2.48. The van der Waals surface area contributed by atoms with Crippen LogP contribution in [0.5, 0.6) is 0 Å². The van der Waals surface area contributed by atoms with E-state index in [2.05, 4.69) is 10.1 Å². The second kappa shape index (κ2) is 7.24. The van der Waals surface area contributed by atoms with Gasteiger partial charge in [-0.3, -0.25) is 14.5 Å². The predicted octanol–water partition coefficient (Wildman–Crippen LogP) is 4.10. The van der Waals surface area contributed by atoms with Crippen molar-refractivity contribution in [1.29, 1.82) is 0 Å². The van der Waals surface area contributed by atoms with Crippen LogP contribution >= 0.6 is 0 Å². The molecule has 1 N–H and O–H groups in total. The van der Waals surface area contributed by atoms with Crippen molar-refractivity contribution in [2.24, 2.45) is 13.0 Å². The predicted molar refractivity (Wildman–Crippen MR) is 119 cm³/mol. The number of aryl methyl sites for hydroxylation is 2. The van der Waals surface area contributed by atoms with Gasteiger partial charge in [-0.15, -0.1) is 0 Å². The van der Waals surface area contributed by atoms with E-state index in [1.165, 1.54) is 6.07 Å². The van der Waals surface area contributed by atoms with Gasteiger partial charge in [-0.25, -0.2) is 4.39 Å². The lowest BCUT2D eigenvalue weighted by Gasteiger charge is -2.37. The first kappa shape index (κ1) is 20.8. The first-order valence-electron chi connectivity index (χ1n) is 11.0. The molecule has 1 saturated carbocycles. The fourth-order valence-corrected chi connectivity index (χ4v) is 5.07. The lowest BCUT2D eigenvalue weighted by Crippen LogP contribution is -2.51. The number of hydrogen-bond donors (Lipinski definition) is 1. The van der Waals surface area contributed by atoms with Crippen molar-refractivity contribution >= 4 is 5.91 Å². The maximum absolute atomic E-state index is 15.4. The molecule has 2 aromatic heterocycles. The Hall–Kier alpha value is -3.06. The van der Waals surface area contributed by atoms with Crippen molar-refractivity contribution in [3.63, 3.8) is 0 Å². The van der Waals surface area contributed by atoms with E-state index in [4.69, 9.17) is 0 Å². The second-order valence-corrected chi connectivity index (χ2v) is 9.60. The number of benzene rings is 1. The largest absolute Gasteiger partial charge is 0.388 e. The summed E-state index contributed by atoms with van der Waals surface area (Å²) < 4.78 is 17.1. The molecule has 166 valence electrons. The van der Waals surface area contributed by atoms with Gasteiger partial charge in [0.15, 0.2) is 0 Å². The summed E-state index contributed by atoms with van der Waals surface area (Å²) in [6.07, 6.45) is 7.19. The Morgan fingerprint density at radius 3 is 2.59 bits per heavy atom. The molecule has 7 heteroatoms. The molecule has 1 aliphatic heterocycles. The van der Waals surface area contributed by atoms with Gasteiger partial charge in [0, 0.05) is 36.1 Å². The lowest BCUT2D eigenvalue weighted by molar-refractivity contribution is -0.0225. The average molecular weight is 435 g/mol. The van der Waals surface area contributed by atoms with E-state index in [-0.39, 0.29) is 17.9 Å². The summed E-state index contributed by atoms with van der Waals surface area (Å²) in [7, 11) is 1.82. The van der Waals surface area contributed by atoms with Gasteiger partial charge in [-0.2, -0.15) is 5.10 Å². The smallest absolute Gasteiger partial charge is 0.257 e. The summed E-state index contributed by atoms with van der Waals surface area (Å²) in [6.45, 7) is 5.77. The Balaban J connectivity index is 1.57. The highest BCUT2D eigenvalue weighted by atomic mass is 19.1. The van der Waals surface area contributed by atoms with Gasteiger partial charge in [0.2, 0.25) is 0 Å². The molecule has 1 aromatic carbocycles. The summed E-state index contributed by atoms with van der Waals surface area (Å²) in [4.78, 5) is 19.7. The fraction of sp³-hybridized carbons (Fsp3) is 0.400. The van der Waals surface area contributed by atoms with E-state index in [1.54, 1.807) is 48.0 Å². The molecular formula is C25H27FN4O2. The molecule has 1 amide bonds. The van der Waals surface area contributed by atoms with E-state index >= 15 is 4.39 Å². The third kappa shape index (κ3) is 3.41. The Labute approximate surface area is 186 Å². The van der Waals surface area contributed by atoms with Gasteiger partial charge in [0.25, 0.3) is 5.91 Å². The first-order chi connectivity index (χ1) is 15.1. The number of halogens is 1. The minimum atomic E-state index is -1.02. The second-order valence-electron chi connectivity index (χ2n) is 9.60. The maximum Gasteiger partial charge on any atom is 0.257 e. The molecule has 3 aromatic rings. The van der Waals surface area contributed by atoms with Crippen LogP contribution in [-0.4, -0.2) is 42.3 Å². The van der Waals surface area contributed by atoms with E-state index in [0.717, 1.165) is 29.5 Å². The van der Waals surface area contributed by atoms with Crippen LogP contribution in [0.3, 0.4) is 0 Å². The van der Waals surface area contributed by atoms with Crippen LogP contribution in [0.1, 0.15) is 48.3 Å². The summed E-state index contributed by atoms with van der Waals surface area (Å²) in [5, 5.41) is 15.0. The van der Waals surface area contributed by atoms with Crippen LogP contribution in [0.25, 0.3) is 22.3 Å². The number of fused-ring (bicyclic) bond motifs is 1. The van der Waals surface area contributed by atoms with Crippen molar-refractivity contribution in [2.75, 3.05) is 0 Å². The summed E-state index contributed by atoms with van der Waals surface area (Å²) in [5.74, 6) is -0.291. The summed E-state index contributed by atoms with van der Waals surface area (Å²) in [6, 6.07) is 4.72. The minimum absolute atomic E-state index is 0.185. The highest BCUT2D eigenvalue weighted by molar-refractivity contribution is 6.04. The minimum Gasteiger partial charge on any atom is -0.388 e. The quantitative estimate of drug-likeness (QED) is 0.656. The van der Waals surface area contributed by atoms with Crippen LogP contribution in [0, 0.1) is 18.7 Å². The highest BCUT2D eigenvalue weighted by Crippen LogP contribution is 2.44. The van der Waals surface area contributed by atoms with Crippen molar-refractivity contribution in [1.82, 2.24) is 19.7 Å². The molecule has 0 spiro atoms. The zero-order valence-electron chi connectivity index (χ0n) is 18.8. The summed E-state index contributed by atoms with van der Waals surface area (Å²) in [5.41, 5.74) is 3.50. The molecule has 0 saturated heterocycles. The number of aliphatic hydroxyl groups is 1. The van der Waals surface area contributed by atoms with Gasteiger partial charge in [-0.1, -0.05) is 0 Å². The van der Waals surface area contributed by atoms with E-state index in [9.17, 15) is 9.90 Å². The Morgan fingerprint density at radius 1 is 1.22 bits per heavy atom. The van der Waals surface area contributed by atoms with Crippen molar-refractivity contribution in [3.8, 4) is 22.3 Å². The molecule has 0 unspecified atom stereocenters. The van der Waals surface area contributed by atoms with Crippen LogP contribution in [-0.2, 0) is 13.6 Å².